The van der Waals surface area contributed by atoms with Crippen LogP contribution in [0.1, 0.15) is 29.6 Å². The van der Waals surface area contributed by atoms with Gasteiger partial charge in [0.15, 0.2) is 18.1 Å². The van der Waals surface area contributed by atoms with Crippen molar-refractivity contribution in [2.24, 2.45) is 5.73 Å². The van der Waals surface area contributed by atoms with Gasteiger partial charge in [0.2, 0.25) is 0 Å². The van der Waals surface area contributed by atoms with Gasteiger partial charge in [-0.25, -0.2) is 0 Å². The van der Waals surface area contributed by atoms with E-state index in [0.29, 0.717) is 23.6 Å². The van der Waals surface area contributed by atoms with Gasteiger partial charge in [-0.1, -0.05) is 0 Å². The molecule has 1 unspecified atom stereocenters. The third-order valence-corrected chi connectivity index (χ3v) is 4.21. The Labute approximate surface area is 154 Å². The summed E-state index contributed by atoms with van der Waals surface area (Å²) in [5.41, 5.74) is 6.32. The number of nitrogens with one attached hydrogen (secondary N) is 1. The lowest BCUT2D eigenvalue weighted by Crippen LogP contribution is -2.47. The number of nitrogens with two attached hydrogens (primary N) is 1. The number of hydrogen-bond acceptors (Lipinski definition) is 5. The lowest BCUT2D eigenvalue weighted by atomic mass is 10.0. The monoisotopic (exact) mass is 371 g/mol. The SMILES string of the molecule is CNC(=O)COc1ccc(C(=O)N2CCCCC2CN)cc1OC.Cl. The smallest absolute Gasteiger partial charge is 0.257 e. The number of carbonyl (C=O) groups excluding carboxylic acids is 2. The standard InChI is InChI=1S/C17H25N3O4.ClH/c1-19-16(21)11-24-14-7-6-12(9-15(14)23-2)17(22)20-8-4-3-5-13(20)10-18;/h6-7,9,13H,3-5,8,10-11,18H2,1-2H3,(H,19,21);1H. The highest BCUT2D eigenvalue weighted by atomic mass is 35.5. The number of halogens is 1. The predicted molar refractivity (Wildman–Crippen MR) is 97.5 cm³/mol. The van der Waals surface area contributed by atoms with E-state index in [9.17, 15) is 9.59 Å². The van der Waals surface area contributed by atoms with Crippen LogP contribution in [0.3, 0.4) is 0 Å². The highest BCUT2D eigenvalue weighted by molar-refractivity contribution is 5.95. The maximum absolute atomic E-state index is 12.8. The van der Waals surface area contributed by atoms with Crippen molar-refractivity contribution in [2.75, 3.05) is 33.9 Å². The zero-order chi connectivity index (χ0) is 17.5. The molecular formula is C17H26ClN3O4. The number of hydrogen-bond donors (Lipinski definition) is 2. The van der Waals surface area contributed by atoms with E-state index >= 15 is 0 Å². The van der Waals surface area contributed by atoms with Crippen LogP contribution < -0.4 is 20.5 Å². The van der Waals surface area contributed by atoms with Gasteiger partial charge in [-0.2, -0.15) is 0 Å². The molecule has 2 amide bonds. The fourth-order valence-corrected chi connectivity index (χ4v) is 2.81. The van der Waals surface area contributed by atoms with Crippen LogP contribution in [-0.2, 0) is 4.79 Å². The zero-order valence-corrected chi connectivity index (χ0v) is 15.4. The number of methoxy groups -OCH3 is 1. The first-order valence-electron chi connectivity index (χ1n) is 8.13. The first kappa shape index (κ1) is 21.1. The molecule has 0 saturated carbocycles. The van der Waals surface area contributed by atoms with Crippen molar-refractivity contribution in [3.63, 3.8) is 0 Å². The molecule has 140 valence electrons. The van der Waals surface area contributed by atoms with Crippen LogP contribution in [0.25, 0.3) is 0 Å². The number of amides is 2. The fourth-order valence-electron chi connectivity index (χ4n) is 2.81. The Morgan fingerprint density at radius 1 is 1.32 bits per heavy atom. The molecular weight excluding hydrogens is 346 g/mol. The van der Waals surface area contributed by atoms with Crippen molar-refractivity contribution in [1.29, 1.82) is 0 Å². The van der Waals surface area contributed by atoms with E-state index in [1.165, 1.54) is 14.2 Å². The van der Waals surface area contributed by atoms with Crippen molar-refractivity contribution in [3.05, 3.63) is 23.8 Å². The van der Waals surface area contributed by atoms with Gasteiger partial charge in [0.1, 0.15) is 0 Å². The van der Waals surface area contributed by atoms with Gasteiger partial charge in [-0.3, -0.25) is 9.59 Å². The quantitative estimate of drug-likeness (QED) is 0.783. The Kier molecular flexibility index (Phi) is 8.51. The normalized spacial score (nSPS) is 16.6. The summed E-state index contributed by atoms with van der Waals surface area (Å²) < 4.78 is 10.7. The molecule has 1 aromatic carbocycles. The molecule has 1 aromatic rings. The molecule has 1 heterocycles. The van der Waals surface area contributed by atoms with Gasteiger partial charge in [0.25, 0.3) is 11.8 Å². The maximum Gasteiger partial charge on any atom is 0.257 e. The van der Waals surface area contributed by atoms with Crippen LogP contribution in [0, 0.1) is 0 Å². The van der Waals surface area contributed by atoms with E-state index in [-0.39, 0.29) is 36.9 Å². The minimum absolute atomic E-state index is 0. The Morgan fingerprint density at radius 3 is 2.72 bits per heavy atom. The summed E-state index contributed by atoms with van der Waals surface area (Å²) in [5, 5.41) is 2.48. The molecule has 1 atom stereocenters. The first-order chi connectivity index (χ1) is 11.6. The molecule has 1 saturated heterocycles. The lowest BCUT2D eigenvalue weighted by molar-refractivity contribution is -0.122. The highest BCUT2D eigenvalue weighted by Crippen LogP contribution is 2.29. The molecule has 0 bridgehead atoms. The number of piperidine rings is 1. The summed E-state index contributed by atoms with van der Waals surface area (Å²) in [7, 11) is 3.04. The van der Waals surface area contributed by atoms with Crippen molar-refractivity contribution in [2.45, 2.75) is 25.3 Å². The van der Waals surface area contributed by atoms with Crippen molar-refractivity contribution in [1.82, 2.24) is 10.2 Å². The van der Waals surface area contributed by atoms with Crippen molar-refractivity contribution in [3.8, 4) is 11.5 Å². The van der Waals surface area contributed by atoms with Crippen LogP contribution in [0.5, 0.6) is 11.5 Å². The molecule has 2 rings (SSSR count). The lowest BCUT2D eigenvalue weighted by Gasteiger charge is -2.35. The summed E-state index contributed by atoms with van der Waals surface area (Å²) >= 11 is 0. The van der Waals surface area contributed by atoms with Gasteiger partial charge < -0.3 is 25.4 Å². The third-order valence-electron chi connectivity index (χ3n) is 4.21. The first-order valence-corrected chi connectivity index (χ1v) is 8.13. The molecule has 1 aliphatic rings. The Balaban J connectivity index is 0.00000312. The number of rotatable bonds is 6. The van der Waals surface area contributed by atoms with E-state index in [0.717, 1.165) is 25.8 Å². The van der Waals surface area contributed by atoms with Crippen LogP contribution in [-0.4, -0.2) is 56.6 Å². The third kappa shape index (κ3) is 5.24. The van der Waals surface area contributed by atoms with Crippen molar-refractivity contribution >= 4 is 24.2 Å². The number of likely N-dealkylation sites (N-methyl/N-ethyl adjacent to an activating group) is 1. The number of benzene rings is 1. The van der Waals surface area contributed by atoms with Gasteiger partial charge in [0, 0.05) is 31.7 Å². The minimum Gasteiger partial charge on any atom is -0.493 e. The van der Waals surface area contributed by atoms with Gasteiger partial charge in [-0.15, -0.1) is 12.4 Å². The maximum atomic E-state index is 12.8. The van der Waals surface area contributed by atoms with Crippen LogP contribution in [0.15, 0.2) is 18.2 Å². The van der Waals surface area contributed by atoms with E-state index < -0.39 is 0 Å². The molecule has 0 aromatic heterocycles. The Morgan fingerprint density at radius 2 is 2.08 bits per heavy atom. The van der Waals surface area contributed by atoms with Crippen LogP contribution in [0.4, 0.5) is 0 Å². The van der Waals surface area contributed by atoms with E-state index in [2.05, 4.69) is 5.32 Å². The molecule has 8 heteroatoms. The van der Waals surface area contributed by atoms with Crippen LogP contribution in [0.2, 0.25) is 0 Å². The molecule has 0 spiro atoms. The second-order valence-electron chi connectivity index (χ2n) is 5.71. The fraction of sp³-hybridized carbons (Fsp3) is 0.529. The number of ether oxygens (including phenoxy) is 2. The molecule has 25 heavy (non-hydrogen) atoms. The average Bonchev–Trinajstić information content (AvgIpc) is 2.65. The van der Waals surface area contributed by atoms with Crippen molar-refractivity contribution < 1.29 is 19.1 Å². The largest absolute Gasteiger partial charge is 0.493 e. The summed E-state index contributed by atoms with van der Waals surface area (Å²) in [6.07, 6.45) is 3.03. The summed E-state index contributed by atoms with van der Waals surface area (Å²) in [6, 6.07) is 5.06. The topological polar surface area (TPSA) is 93.9 Å². The summed E-state index contributed by atoms with van der Waals surface area (Å²) in [6.45, 7) is 1.08. The summed E-state index contributed by atoms with van der Waals surface area (Å²) in [5.74, 6) is 0.551. The van der Waals surface area contributed by atoms with E-state index in [1.54, 1.807) is 18.2 Å². The van der Waals surface area contributed by atoms with Crippen LogP contribution >= 0.6 is 12.4 Å². The molecule has 7 nitrogen and oxygen atoms in total. The van der Waals surface area contributed by atoms with Gasteiger partial charge in [0.05, 0.1) is 7.11 Å². The molecule has 1 aliphatic heterocycles. The van der Waals surface area contributed by atoms with Gasteiger partial charge in [-0.05, 0) is 37.5 Å². The molecule has 1 fully saturated rings. The second kappa shape index (κ2) is 10.1. The van der Waals surface area contributed by atoms with Gasteiger partial charge >= 0.3 is 0 Å². The predicted octanol–water partition coefficient (Wildman–Crippen LogP) is 1.20. The van der Waals surface area contributed by atoms with E-state index in [1.807, 2.05) is 4.90 Å². The Hall–Kier alpha value is -1.99. The second-order valence-corrected chi connectivity index (χ2v) is 5.71. The van der Waals surface area contributed by atoms with E-state index in [4.69, 9.17) is 15.2 Å². The zero-order valence-electron chi connectivity index (χ0n) is 14.6. The average molecular weight is 372 g/mol. The number of nitrogens with zero attached hydrogens (tertiary/aromatic N) is 1. The minimum atomic E-state index is -0.240. The summed E-state index contributed by atoms with van der Waals surface area (Å²) in [4.78, 5) is 25.9. The molecule has 0 radical (unpaired) electrons. The molecule has 0 aliphatic carbocycles. The number of likely N-dealkylation sites (tertiary alicyclic amines) is 1. The Bertz CT molecular complexity index is 597. The highest BCUT2D eigenvalue weighted by Gasteiger charge is 2.27. The molecule has 3 N–H and O–H groups in total. The number of carbonyl (C=O) groups is 2.